The minimum absolute atomic E-state index is 0.0367. The Morgan fingerprint density at radius 2 is 1.68 bits per heavy atom. The van der Waals surface area contributed by atoms with Crippen molar-refractivity contribution in [2.24, 2.45) is 0 Å². The minimum atomic E-state index is -3.62. The Morgan fingerprint density at radius 1 is 1.09 bits per heavy atom. The number of benzene rings is 1. The van der Waals surface area contributed by atoms with Gasteiger partial charge in [0.2, 0.25) is 10.0 Å². The quantitative estimate of drug-likeness (QED) is 0.669. The highest BCUT2D eigenvalue weighted by Crippen LogP contribution is 2.16. The van der Waals surface area contributed by atoms with Crippen molar-refractivity contribution >= 4 is 16.0 Å². The first-order valence-electron chi connectivity index (χ1n) is 7.05. The molecule has 0 amide bonds. The van der Waals surface area contributed by atoms with Crippen LogP contribution in [0.2, 0.25) is 0 Å². The first-order chi connectivity index (χ1) is 10.3. The van der Waals surface area contributed by atoms with Gasteiger partial charge >= 0.3 is 5.97 Å². The molecule has 0 fully saturated rings. The van der Waals surface area contributed by atoms with E-state index < -0.39 is 16.0 Å². The van der Waals surface area contributed by atoms with Crippen LogP contribution in [0.25, 0.3) is 0 Å². The average molecular weight is 328 g/mol. The number of sulfonamides is 1. The number of carbonyl (C=O) groups excluding carboxylic acids is 1. The molecule has 0 aliphatic rings. The van der Waals surface area contributed by atoms with Gasteiger partial charge < -0.3 is 9.64 Å². The van der Waals surface area contributed by atoms with Crippen LogP contribution >= 0.6 is 0 Å². The fraction of sp³-hybridized carbons (Fsp3) is 0.533. The summed E-state index contributed by atoms with van der Waals surface area (Å²) in [5, 5.41) is 0. The van der Waals surface area contributed by atoms with Crippen molar-refractivity contribution in [3.05, 3.63) is 29.8 Å². The SMILES string of the molecule is COC(=O)CCN(CCN(C)C)S(=O)(=O)c1ccc(C)cc1. The Kier molecular flexibility index (Phi) is 6.99. The Balaban J connectivity index is 2.96. The second kappa shape index (κ2) is 8.26. The van der Waals surface area contributed by atoms with Crippen LogP contribution in [0.3, 0.4) is 0 Å². The van der Waals surface area contributed by atoms with E-state index in [-0.39, 0.29) is 17.9 Å². The lowest BCUT2D eigenvalue weighted by Gasteiger charge is -2.23. The van der Waals surface area contributed by atoms with Crippen LogP contribution in [0.5, 0.6) is 0 Å². The molecule has 1 aromatic carbocycles. The zero-order valence-corrected chi connectivity index (χ0v) is 14.4. The lowest BCUT2D eigenvalue weighted by Crippen LogP contribution is -2.38. The Bertz CT molecular complexity index is 582. The van der Waals surface area contributed by atoms with Crippen LogP contribution in [-0.4, -0.2) is 64.4 Å². The molecule has 0 aromatic heterocycles. The molecule has 0 aliphatic heterocycles. The molecule has 0 aliphatic carbocycles. The standard InChI is InChI=1S/C15H24N2O4S/c1-13-5-7-14(8-6-13)22(19,20)17(12-11-16(2)3)10-9-15(18)21-4/h5-8H,9-12H2,1-4H3. The maximum Gasteiger partial charge on any atom is 0.306 e. The predicted octanol–water partition coefficient (Wildman–Crippen LogP) is 1.11. The number of hydrogen-bond donors (Lipinski definition) is 0. The third kappa shape index (κ3) is 5.40. The van der Waals surface area contributed by atoms with Gasteiger partial charge in [0.1, 0.15) is 0 Å². The zero-order chi connectivity index (χ0) is 16.8. The molecule has 0 bridgehead atoms. The molecule has 0 N–H and O–H groups in total. The molecular formula is C15H24N2O4S. The third-order valence-electron chi connectivity index (χ3n) is 3.25. The summed E-state index contributed by atoms with van der Waals surface area (Å²) in [5.41, 5.74) is 0.994. The number of carbonyl (C=O) groups is 1. The normalized spacial score (nSPS) is 11.9. The van der Waals surface area contributed by atoms with Crippen LogP contribution in [0.15, 0.2) is 29.2 Å². The highest BCUT2D eigenvalue weighted by molar-refractivity contribution is 7.89. The first kappa shape index (κ1) is 18.6. The Hall–Kier alpha value is -1.44. The van der Waals surface area contributed by atoms with Gasteiger partial charge in [0.05, 0.1) is 18.4 Å². The Labute approximate surface area is 132 Å². The van der Waals surface area contributed by atoms with Crippen LogP contribution in [0, 0.1) is 6.92 Å². The Morgan fingerprint density at radius 3 is 2.18 bits per heavy atom. The molecule has 6 nitrogen and oxygen atoms in total. The highest BCUT2D eigenvalue weighted by Gasteiger charge is 2.24. The first-order valence-corrected chi connectivity index (χ1v) is 8.49. The summed E-state index contributed by atoms with van der Waals surface area (Å²) in [6.07, 6.45) is 0.0367. The number of ether oxygens (including phenoxy) is 1. The summed E-state index contributed by atoms with van der Waals surface area (Å²) < 4.78 is 31.3. The van der Waals surface area contributed by atoms with Gasteiger partial charge in [-0.1, -0.05) is 17.7 Å². The van der Waals surface area contributed by atoms with Crippen molar-refractivity contribution in [1.29, 1.82) is 0 Å². The van der Waals surface area contributed by atoms with E-state index in [2.05, 4.69) is 4.74 Å². The summed E-state index contributed by atoms with van der Waals surface area (Å²) in [7, 11) is 1.42. The minimum Gasteiger partial charge on any atom is -0.469 e. The lowest BCUT2D eigenvalue weighted by atomic mass is 10.2. The van der Waals surface area contributed by atoms with Crippen molar-refractivity contribution in [3.8, 4) is 0 Å². The number of methoxy groups -OCH3 is 1. The molecule has 0 saturated carbocycles. The fourth-order valence-electron chi connectivity index (χ4n) is 1.84. The monoisotopic (exact) mass is 328 g/mol. The van der Waals surface area contributed by atoms with E-state index in [4.69, 9.17) is 0 Å². The van der Waals surface area contributed by atoms with E-state index in [1.54, 1.807) is 24.3 Å². The van der Waals surface area contributed by atoms with Crippen molar-refractivity contribution in [2.45, 2.75) is 18.2 Å². The molecule has 7 heteroatoms. The fourth-order valence-corrected chi connectivity index (χ4v) is 3.27. The molecule has 0 heterocycles. The van der Waals surface area contributed by atoms with E-state index in [0.717, 1.165) is 5.56 Å². The average Bonchev–Trinajstić information content (AvgIpc) is 2.46. The molecule has 0 atom stereocenters. The van der Waals surface area contributed by atoms with Gasteiger partial charge in [-0.3, -0.25) is 4.79 Å². The van der Waals surface area contributed by atoms with E-state index in [9.17, 15) is 13.2 Å². The molecule has 0 spiro atoms. The number of esters is 1. The van der Waals surface area contributed by atoms with Crippen molar-refractivity contribution in [1.82, 2.24) is 9.21 Å². The largest absolute Gasteiger partial charge is 0.469 e. The van der Waals surface area contributed by atoms with Gasteiger partial charge in [0.25, 0.3) is 0 Å². The van der Waals surface area contributed by atoms with Gasteiger partial charge in [0, 0.05) is 19.6 Å². The molecule has 124 valence electrons. The molecule has 0 radical (unpaired) electrons. The molecule has 1 aromatic rings. The number of hydrogen-bond acceptors (Lipinski definition) is 5. The van der Waals surface area contributed by atoms with Crippen LogP contribution < -0.4 is 0 Å². The molecule has 0 unspecified atom stereocenters. The van der Waals surface area contributed by atoms with Crippen LogP contribution in [0.4, 0.5) is 0 Å². The van der Waals surface area contributed by atoms with Gasteiger partial charge in [-0.25, -0.2) is 8.42 Å². The van der Waals surface area contributed by atoms with Crippen molar-refractivity contribution in [2.75, 3.05) is 40.8 Å². The number of rotatable bonds is 8. The van der Waals surface area contributed by atoms with Gasteiger partial charge in [-0.2, -0.15) is 4.31 Å². The number of likely N-dealkylation sites (N-methyl/N-ethyl adjacent to an activating group) is 1. The summed E-state index contributed by atoms with van der Waals surface area (Å²) >= 11 is 0. The van der Waals surface area contributed by atoms with E-state index in [0.29, 0.717) is 13.1 Å². The highest BCUT2D eigenvalue weighted by atomic mass is 32.2. The van der Waals surface area contributed by atoms with Crippen molar-refractivity contribution < 1.29 is 17.9 Å². The number of nitrogens with zero attached hydrogens (tertiary/aromatic N) is 2. The molecule has 0 saturated heterocycles. The predicted molar refractivity (Wildman–Crippen MR) is 85.1 cm³/mol. The molecule has 1 rings (SSSR count). The maximum absolute atomic E-state index is 12.7. The lowest BCUT2D eigenvalue weighted by molar-refractivity contribution is -0.140. The van der Waals surface area contributed by atoms with E-state index in [1.165, 1.54) is 11.4 Å². The smallest absolute Gasteiger partial charge is 0.306 e. The van der Waals surface area contributed by atoms with Gasteiger partial charge in [-0.15, -0.1) is 0 Å². The second-order valence-corrected chi connectivity index (χ2v) is 7.28. The van der Waals surface area contributed by atoms with Crippen molar-refractivity contribution in [3.63, 3.8) is 0 Å². The summed E-state index contributed by atoms with van der Waals surface area (Å²) in [6.45, 7) is 2.90. The maximum atomic E-state index is 12.7. The van der Waals surface area contributed by atoms with Gasteiger partial charge in [0.15, 0.2) is 0 Å². The van der Waals surface area contributed by atoms with E-state index >= 15 is 0 Å². The topological polar surface area (TPSA) is 66.9 Å². The number of aryl methyl sites for hydroxylation is 1. The van der Waals surface area contributed by atoms with Crippen LogP contribution in [-0.2, 0) is 19.6 Å². The van der Waals surface area contributed by atoms with Crippen LogP contribution in [0.1, 0.15) is 12.0 Å². The van der Waals surface area contributed by atoms with Gasteiger partial charge in [-0.05, 0) is 33.2 Å². The summed E-state index contributed by atoms with van der Waals surface area (Å²) in [5.74, 6) is -0.422. The summed E-state index contributed by atoms with van der Waals surface area (Å²) in [6, 6.07) is 6.70. The molecular weight excluding hydrogens is 304 g/mol. The molecule has 22 heavy (non-hydrogen) atoms. The zero-order valence-electron chi connectivity index (χ0n) is 13.6. The summed E-state index contributed by atoms with van der Waals surface area (Å²) in [4.78, 5) is 13.4. The second-order valence-electron chi connectivity index (χ2n) is 5.35. The third-order valence-corrected chi connectivity index (χ3v) is 5.16. The van der Waals surface area contributed by atoms with E-state index in [1.807, 2.05) is 25.9 Å².